The highest BCUT2D eigenvalue weighted by atomic mass is 16.2. The van der Waals surface area contributed by atoms with Gasteiger partial charge in [0.1, 0.15) is 18.1 Å². The van der Waals surface area contributed by atoms with Gasteiger partial charge in [0.25, 0.3) is 5.91 Å². The molecule has 2 aromatic heterocycles. The third-order valence-corrected chi connectivity index (χ3v) is 2.73. The molecule has 21 heavy (non-hydrogen) atoms. The minimum Gasteiger partial charge on any atom is -0.384 e. The standard InChI is InChI=1S/C15H16N4O2/c1-11(2)19-13(7-9-17-19)18-15(21)14-12(6-4-10-20)5-3-8-16-14/h3,5,7-9,11,20H,10H2,1-2H3,(H,18,21). The zero-order valence-corrected chi connectivity index (χ0v) is 11.9. The van der Waals surface area contributed by atoms with Gasteiger partial charge in [0.15, 0.2) is 0 Å². The molecule has 0 aromatic carbocycles. The highest BCUT2D eigenvalue weighted by Gasteiger charge is 2.14. The van der Waals surface area contributed by atoms with Gasteiger partial charge in [0.2, 0.25) is 0 Å². The summed E-state index contributed by atoms with van der Waals surface area (Å²) in [4.78, 5) is 16.4. The lowest BCUT2D eigenvalue weighted by molar-refractivity contribution is 0.102. The minimum absolute atomic E-state index is 0.132. The van der Waals surface area contributed by atoms with Crippen molar-refractivity contribution in [3.63, 3.8) is 0 Å². The van der Waals surface area contributed by atoms with Crippen molar-refractivity contribution >= 4 is 11.7 Å². The topological polar surface area (TPSA) is 80.0 Å². The smallest absolute Gasteiger partial charge is 0.276 e. The Balaban J connectivity index is 2.27. The van der Waals surface area contributed by atoms with Gasteiger partial charge in [-0.3, -0.25) is 4.79 Å². The van der Waals surface area contributed by atoms with E-state index in [-0.39, 0.29) is 24.2 Å². The maximum atomic E-state index is 12.3. The van der Waals surface area contributed by atoms with E-state index in [4.69, 9.17) is 5.11 Å². The van der Waals surface area contributed by atoms with E-state index in [1.165, 1.54) is 6.20 Å². The molecule has 0 saturated carbocycles. The number of hydrogen-bond acceptors (Lipinski definition) is 4. The van der Waals surface area contributed by atoms with Crippen LogP contribution in [-0.4, -0.2) is 32.4 Å². The Morgan fingerprint density at radius 2 is 2.24 bits per heavy atom. The zero-order valence-electron chi connectivity index (χ0n) is 11.9. The van der Waals surface area contributed by atoms with Gasteiger partial charge in [-0.05, 0) is 26.0 Å². The van der Waals surface area contributed by atoms with E-state index in [1.807, 2.05) is 13.8 Å². The van der Waals surface area contributed by atoms with Crippen molar-refractivity contribution in [1.29, 1.82) is 0 Å². The Bertz CT molecular complexity index is 695. The molecular weight excluding hydrogens is 268 g/mol. The Kier molecular flexibility index (Phi) is 4.69. The molecule has 0 aliphatic heterocycles. The highest BCUT2D eigenvalue weighted by Crippen LogP contribution is 2.14. The molecule has 0 aliphatic rings. The van der Waals surface area contributed by atoms with E-state index in [2.05, 4.69) is 27.2 Å². The van der Waals surface area contributed by atoms with Crippen LogP contribution in [0.15, 0.2) is 30.6 Å². The van der Waals surface area contributed by atoms with Crippen molar-refractivity contribution in [1.82, 2.24) is 14.8 Å². The molecular formula is C15H16N4O2. The average molecular weight is 284 g/mol. The molecule has 6 nitrogen and oxygen atoms in total. The van der Waals surface area contributed by atoms with Crippen LogP contribution in [0.25, 0.3) is 0 Å². The lowest BCUT2D eigenvalue weighted by atomic mass is 10.2. The molecule has 1 amide bonds. The second-order valence-corrected chi connectivity index (χ2v) is 4.57. The number of carbonyl (C=O) groups excluding carboxylic acids is 1. The summed E-state index contributed by atoms with van der Waals surface area (Å²) in [5.74, 6) is 5.47. The first-order valence-electron chi connectivity index (χ1n) is 6.53. The third kappa shape index (κ3) is 3.46. The number of nitrogens with zero attached hydrogens (tertiary/aromatic N) is 3. The molecule has 108 valence electrons. The van der Waals surface area contributed by atoms with Crippen LogP contribution in [0.1, 0.15) is 35.9 Å². The molecule has 0 fully saturated rings. The van der Waals surface area contributed by atoms with Gasteiger partial charge in [-0.25, -0.2) is 9.67 Å². The molecule has 0 aliphatic carbocycles. The second kappa shape index (κ2) is 6.68. The number of anilines is 1. The van der Waals surface area contributed by atoms with E-state index in [0.29, 0.717) is 11.4 Å². The molecule has 0 atom stereocenters. The van der Waals surface area contributed by atoms with Gasteiger partial charge < -0.3 is 10.4 Å². The lowest BCUT2D eigenvalue weighted by Crippen LogP contribution is -2.19. The zero-order chi connectivity index (χ0) is 15.2. The van der Waals surface area contributed by atoms with Crippen LogP contribution in [0.5, 0.6) is 0 Å². The summed E-state index contributed by atoms with van der Waals surface area (Å²) in [6, 6.07) is 5.23. The molecule has 0 spiro atoms. The molecule has 2 N–H and O–H groups in total. The molecule has 0 unspecified atom stereocenters. The predicted octanol–water partition coefficient (Wildman–Crippen LogP) is 1.46. The van der Waals surface area contributed by atoms with Crippen LogP contribution in [-0.2, 0) is 0 Å². The Morgan fingerprint density at radius 3 is 2.95 bits per heavy atom. The van der Waals surface area contributed by atoms with Gasteiger partial charge in [0, 0.05) is 18.3 Å². The number of aliphatic hydroxyl groups is 1. The van der Waals surface area contributed by atoms with Crippen molar-refractivity contribution in [2.45, 2.75) is 19.9 Å². The molecule has 2 rings (SSSR count). The Labute approximate surface area is 122 Å². The van der Waals surface area contributed by atoms with Crippen LogP contribution in [0.3, 0.4) is 0 Å². The van der Waals surface area contributed by atoms with Crippen molar-refractivity contribution in [2.24, 2.45) is 0 Å². The van der Waals surface area contributed by atoms with Gasteiger partial charge in [-0.1, -0.05) is 11.8 Å². The molecule has 0 radical (unpaired) electrons. The van der Waals surface area contributed by atoms with Crippen LogP contribution in [0, 0.1) is 11.8 Å². The fraction of sp³-hybridized carbons (Fsp3) is 0.267. The van der Waals surface area contributed by atoms with E-state index >= 15 is 0 Å². The van der Waals surface area contributed by atoms with Crippen molar-refractivity contribution in [3.8, 4) is 11.8 Å². The fourth-order valence-electron chi connectivity index (χ4n) is 1.82. The van der Waals surface area contributed by atoms with E-state index in [0.717, 1.165) is 0 Å². The van der Waals surface area contributed by atoms with Gasteiger partial charge in [-0.2, -0.15) is 5.10 Å². The third-order valence-electron chi connectivity index (χ3n) is 2.73. The molecule has 6 heteroatoms. The first-order chi connectivity index (χ1) is 10.1. The van der Waals surface area contributed by atoms with Gasteiger partial charge in [-0.15, -0.1) is 0 Å². The molecule has 2 heterocycles. The van der Waals surface area contributed by atoms with E-state index < -0.39 is 0 Å². The summed E-state index contributed by atoms with van der Waals surface area (Å²) in [5.41, 5.74) is 0.689. The van der Waals surface area contributed by atoms with Crippen molar-refractivity contribution in [3.05, 3.63) is 41.9 Å². The highest BCUT2D eigenvalue weighted by molar-refractivity contribution is 6.04. The first kappa shape index (κ1) is 14.8. The number of rotatable bonds is 3. The lowest BCUT2D eigenvalue weighted by Gasteiger charge is -2.11. The van der Waals surface area contributed by atoms with Gasteiger partial charge >= 0.3 is 0 Å². The molecule has 0 bridgehead atoms. The quantitative estimate of drug-likeness (QED) is 0.836. The fourth-order valence-corrected chi connectivity index (χ4v) is 1.82. The van der Waals surface area contributed by atoms with Crippen LogP contribution >= 0.6 is 0 Å². The monoisotopic (exact) mass is 284 g/mol. The molecule has 0 saturated heterocycles. The Morgan fingerprint density at radius 1 is 1.43 bits per heavy atom. The maximum Gasteiger partial charge on any atom is 0.276 e. The van der Waals surface area contributed by atoms with Crippen molar-refractivity contribution < 1.29 is 9.90 Å². The normalized spacial score (nSPS) is 10.1. The van der Waals surface area contributed by atoms with Crippen molar-refractivity contribution in [2.75, 3.05) is 11.9 Å². The van der Waals surface area contributed by atoms with Crippen LogP contribution in [0.4, 0.5) is 5.82 Å². The number of hydrogen-bond donors (Lipinski definition) is 2. The summed E-state index contributed by atoms with van der Waals surface area (Å²) in [6.07, 6.45) is 3.15. The summed E-state index contributed by atoms with van der Waals surface area (Å²) in [7, 11) is 0. The Hall–Kier alpha value is -2.65. The maximum absolute atomic E-state index is 12.3. The number of aliphatic hydroxyl groups excluding tert-OH is 1. The summed E-state index contributed by atoms with van der Waals surface area (Å²) in [5, 5.41) is 15.7. The second-order valence-electron chi connectivity index (χ2n) is 4.57. The number of aromatic nitrogens is 3. The summed E-state index contributed by atoms with van der Waals surface area (Å²) in [6.45, 7) is 3.68. The average Bonchev–Trinajstić information content (AvgIpc) is 2.93. The predicted molar refractivity (Wildman–Crippen MR) is 78.8 cm³/mol. The van der Waals surface area contributed by atoms with Gasteiger partial charge in [0.05, 0.1) is 11.8 Å². The number of amides is 1. The number of carbonyl (C=O) groups is 1. The van der Waals surface area contributed by atoms with E-state index in [1.54, 1.807) is 29.1 Å². The van der Waals surface area contributed by atoms with Crippen LogP contribution < -0.4 is 5.32 Å². The SMILES string of the molecule is CC(C)n1nccc1NC(=O)c1ncccc1C#CCO. The number of pyridine rings is 1. The number of nitrogens with one attached hydrogen (secondary N) is 1. The summed E-state index contributed by atoms with van der Waals surface area (Å²) >= 11 is 0. The largest absolute Gasteiger partial charge is 0.384 e. The molecule has 2 aromatic rings. The van der Waals surface area contributed by atoms with Crippen LogP contribution in [0.2, 0.25) is 0 Å². The van der Waals surface area contributed by atoms with E-state index in [9.17, 15) is 4.79 Å². The first-order valence-corrected chi connectivity index (χ1v) is 6.53. The minimum atomic E-state index is -0.361. The summed E-state index contributed by atoms with van der Waals surface area (Å²) < 4.78 is 1.71.